The van der Waals surface area contributed by atoms with Crippen molar-refractivity contribution in [2.75, 3.05) is 23.7 Å². The normalized spacial score (nSPS) is 20.1. The van der Waals surface area contributed by atoms with Crippen LogP contribution in [-0.2, 0) is 24.5 Å². The molecule has 0 bridgehead atoms. The zero-order valence-corrected chi connectivity index (χ0v) is 24.2. The highest BCUT2D eigenvalue weighted by Crippen LogP contribution is 2.56. The summed E-state index contributed by atoms with van der Waals surface area (Å²) in [5.74, 6) is 4.54. The molecule has 1 fully saturated rings. The topological polar surface area (TPSA) is 107 Å². The molecule has 2 aliphatic rings. The summed E-state index contributed by atoms with van der Waals surface area (Å²) in [6.45, 7) is 12.3. The second-order valence-electron chi connectivity index (χ2n) is 12.1. The number of benzene rings is 1. The van der Waals surface area contributed by atoms with E-state index >= 15 is 0 Å². The van der Waals surface area contributed by atoms with Crippen molar-refractivity contribution in [3.8, 4) is 11.5 Å². The Labute approximate surface area is 218 Å². The Balaban J connectivity index is 1.67. The molecular formula is C27H39N5O2SSi. The minimum Gasteiger partial charge on any atom is -0.383 e. The van der Waals surface area contributed by atoms with Crippen molar-refractivity contribution in [1.82, 2.24) is 9.55 Å². The fourth-order valence-corrected chi connectivity index (χ4v) is 6.52. The standard InChI is InChI=1S/C27H39N5O2SSi/c1-26(2,35(29)34)18-22-21-8-7-19(9-14-36(4,5)6)15-20(21)17-27(22)10-12-32(13-11-27)25-30-23(28)16-24(33)31(25)3/h7-8,15-16,22H,10-13,17-18,28-29H2,1-6H3/t22-,35?/m1/s1. The number of anilines is 2. The fourth-order valence-electron chi connectivity index (χ4n) is 5.67. The van der Waals surface area contributed by atoms with Crippen LogP contribution in [-0.4, -0.2) is 39.7 Å². The van der Waals surface area contributed by atoms with Crippen LogP contribution < -0.4 is 21.3 Å². The lowest BCUT2D eigenvalue weighted by Crippen LogP contribution is -2.46. The molecule has 9 heteroatoms. The lowest BCUT2D eigenvalue weighted by Gasteiger charge is -2.45. The first-order chi connectivity index (χ1) is 16.7. The van der Waals surface area contributed by atoms with E-state index in [0.29, 0.717) is 5.95 Å². The van der Waals surface area contributed by atoms with Crippen molar-refractivity contribution < 1.29 is 4.21 Å². The highest BCUT2D eigenvalue weighted by molar-refractivity contribution is 7.84. The predicted molar refractivity (Wildman–Crippen MR) is 152 cm³/mol. The molecule has 0 saturated carbocycles. The van der Waals surface area contributed by atoms with Gasteiger partial charge in [-0.2, -0.15) is 4.98 Å². The van der Waals surface area contributed by atoms with E-state index in [9.17, 15) is 9.00 Å². The van der Waals surface area contributed by atoms with E-state index in [1.54, 1.807) is 11.6 Å². The Bertz CT molecular complexity index is 1310. The van der Waals surface area contributed by atoms with E-state index in [1.807, 2.05) is 13.8 Å². The Morgan fingerprint density at radius 2 is 1.89 bits per heavy atom. The molecular weight excluding hydrogens is 486 g/mol. The van der Waals surface area contributed by atoms with Crippen LogP contribution in [0.1, 0.15) is 55.7 Å². The summed E-state index contributed by atoms with van der Waals surface area (Å²) < 4.78 is 13.5. The predicted octanol–water partition coefficient (Wildman–Crippen LogP) is 3.31. The number of fused-ring (bicyclic) bond motifs is 1. The zero-order valence-electron chi connectivity index (χ0n) is 22.4. The van der Waals surface area contributed by atoms with Gasteiger partial charge in [0.25, 0.3) is 5.56 Å². The Kier molecular flexibility index (Phi) is 7.01. The van der Waals surface area contributed by atoms with Gasteiger partial charge in [-0.3, -0.25) is 14.5 Å². The molecule has 1 unspecified atom stereocenters. The number of aromatic nitrogens is 2. The molecule has 7 nitrogen and oxygen atoms in total. The molecule has 194 valence electrons. The maximum absolute atomic E-state index is 12.4. The molecule has 4 rings (SSSR count). The number of nitrogens with zero attached hydrogens (tertiary/aromatic N) is 3. The lowest BCUT2D eigenvalue weighted by atomic mass is 9.67. The second-order valence-corrected chi connectivity index (χ2v) is 18.6. The van der Waals surface area contributed by atoms with Gasteiger partial charge in [-0.05, 0) is 74.1 Å². The number of hydrogen-bond acceptors (Lipinski definition) is 5. The van der Waals surface area contributed by atoms with Crippen molar-refractivity contribution in [1.29, 1.82) is 0 Å². The zero-order chi connectivity index (χ0) is 26.5. The van der Waals surface area contributed by atoms with Crippen LogP contribution in [0.4, 0.5) is 11.8 Å². The van der Waals surface area contributed by atoms with Crippen molar-refractivity contribution >= 4 is 30.8 Å². The SMILES string of the molecule is Cn1c(N2CCC3(CC2)Cc2cc(C#C[Si](C)(C)C)ccc2[C@H]3CC(C)(C)S(N)=O)nc(N)cc1=O. The summed E-state index contributed by atoms with van der Waals surface area (Å²) in [5.41, 5.74) is 13.0. The number of hydrogen-bond donors (Lipinski definition) is 2. The quantitative estimate of drug-likeness (QED) is 0.470. The third-order valence-electron chi connectivity index (χ3n) is 7.80. The smallest absolute Gasteiger partial charge is 0.256 e. The van der Waals surface area contributed by atoms with Crippen LogP contribution >= 0.6 is 0 Å². The van der Waals surface area contributed by atoms with Crippen LogP contribution in [0.15, 0.2) is 29.1 Å². The Hall–Kier alpha value is -2.41. The van der Waals surface area contributed by atoms with Crippen molar-refractivity contribution in [2.45, 2.75) is 69.8 Å². The van der Waals surface area contributed by atoms with Crippen LogP contribution in [0.2, 0.25) is 19.6 Å². The highest BCUT2D eigenvalue weighted by atomic mass is 32.2. The molecule has 2 heterocycles. The molecule has 0 amide bonds. The molecule has 2 aromatic rings. The average molecular weight is 526 g/mol. The van der Waals surface area contributed by atoms with E-state index in [1.165, 1.54) is 17.2 Å². The largest absolute Gasteiger partial charge is 0.383 e. The summed E-state index contributed by atoms with van der Waals surface area (Å²) in [4.78, 5) is 18.9. The van der Waals surface area contributed by atoms with Gasteiger partial charge in [0, 0.05) is 31.8 Å². The van der Waals surface area contributed by atoms with Crippen LogP contribution in [0.25, 0.3) is 0 Å². The van der Waals surface area contributed by atoms with Gasteiger partial charge < -0.3 is 10.6 Å². The first kappa shape index (κ1) is 26.6. The third-order valence-corrected chi connectivity index (χ3v) is 9.93. The van der Waals surface area contributed by atoms with Gasteiger partial charge >= 0.3 is 0 Å². The monoisotopic (exact) mass is 525 g/mol. The van der Waals surface area contributed by atoms with Crippen LogP contribution in [0, 0.1) is 16.9 Å². The molecule has 1 spiro atoms. The molecule has 0 radical (unpaired) electrons. The molecule has 1 aromatic carbocycles. The molecule has 2 atom stereocenters. The maximum atomic E-state index is 12.4. The van der Waals surface area contributed by atoms with Gasteiger partial charge in [-0.1, -0.05) is 31.6 Å². The summed E-state index contributed by atoms with van der Waals surface area (Å²) in [7, 11) is -1.15. The molecule has 1 aliphatic heterocycles. The number of rotatable bonds is 4. The van der Waals surface area contributed by atoms with Crippen molar-refractivity contribution in [2.24, 2.45) is 17.6 Å². The lowest BCUT2D eigenvalue weighted by molar-refractivity contribution is 0.169. The minimum absolute atomic E-state index is 0.0412. The summed E-state index contributed by atoms with van der Waals surface area (Å²) in [5, 5.41) is 5.93. The molecule has 4 N–H and O–H groups in total. The van der Waals surface area contributed by atoms with Gasteiger partial charge in [-0.25, -0.2) is 4.21 Å². The van der Waals surface area contributed by atoms with Crippen LogP contribution in [0.5, 0.6) is 0 Å². The van der Waals surface area contributed by atoms with E-state index in [4.69, 9.17) is 10.9 Å². The van der Waals surface area contributed by atoms with E-state index in [0.717, 1.165) is 44.3 Å². The van der Waals surface area contributed by atoms with Gasteiger partial charge in [0.05, 0.1) is 15.7 Å². The van der Waals surface area contributed by atoms with Crippen molar-refractivity contribution in [3.63, 3.8) is 0 Å². The van der Waals surface area contributed by atoms with Gasteiger partial charge in [0.2, 0.25) is 5.95 Å². The Morgan fingerprint density at radius 1 is 1.22 bits per heavy atom. The first-order valence-corrected chi connectivity index (χ1v) is 17.3. The molecule has 1 aromatic heterocycles. The summed E-state index contributed by atoms with van der Waals surface area (Å²) in [6, 6.07) is 8.02. The second kappa shape index (κ2) is 9.47. The summed E-state index contributed by atoms with van der Waals surface area (Å²) >= 11 is 0. The van der Waals surface area contributed by atoms with Gasteiger partial charge in [0.1, 0.15) is 13.9 Å². The highest BCUT2D eigenvalue weighted by Gasteiger charge is 2.50. The van der Waals surface area contributed by atoms with Gasteiger partial charge in [-0.15, -0.1) is 5.54 Å². The van der Waals surface area contributed by atoms with E-state index < -0.39 is 23.8 Å². The number of nitrogens with two attached hydrogens (primary N) is 2. The fraction of sp³-hybridized carbons (Fsp3) is 0.556. The first-order valence-electron chi connectivity index (χ1n) is 12.6. The molecule has 1 aliphatic carbocycles. The summed E-state index contributed by atoms with van der Waals surface area (Å²) in [6.07, 6.45) is 3.62. The molecule has 1 saturated heterocycles. The number of piperidine rings is 1. The average Bonchev–Trinajstić information content (AvgIpc) is 3.06. The molecule has 36 heavy (non-hydrogen) atoms. The number of nitrogen functional groups attached to an aromatic ring is 1. The van der Waals surface area contributed by atoms with E-state index in [2.05, 4.69) is 59.2 Å². The van der Waals surface area contributed by atoms with Crippen molar-refractivity contribution in [3.05, 3.63) is 51.3 Å². The van der Waals surface area contributed by atoms with Crippen LogP contribution in [0.3, 0.4) is 0 Å². The van der Waals surface area contributed by atoms with Gasteiger partial charge in [0.15, 0.2) is 0 Å². The minimum atomic E-state index is -1.47. The van der Waals surface area contributed by atoms with E-state index in [-0.39, 0.29) is 22.7 Å². The Morgan fingerprint density at radius 3 is 2.50 bits per heavy atom. The maximum Gasteiger partial charge on any atom is 0.256 e. The third kappa shape index (κ3) is 5.31.